The van der Waals surface area contributed by atoms with E-state index in [1.807, 2.05) is 12.2 Å². The number of aryl methyl sites for hydroxylation is 1. The Labute approximate surface area is 208 Å². The monoisotopic (exact) mass is 490 g/mol. The van der Waals surface area contributed by atoms with Crippen LogP contribution in [0.3, 0.4) is 0 Å². The first-order valence-electron chi connectivity index (χ1n) is 12.2. The topological polar surface area (TPSA) is 110 Å². The summed E-state index contributed by atoms with van der Waals surface area (Å²) in [6, 6.07) is 0.0251. The molecule has 188 valence electrons. The highest BCUT2D eigenvalue weighted by Gasteiger charge is 2.27. The molecule has 1 fully saturated rings. The highest BCUT2D eigenvalue weighted by molar-refractivity contribution is 5.75. The number of allylic oxidation sites excluding steroid dienone is 5. The summed E-state index contributed by atoms with van der Waals surface area (Å²) in [5.74, 6) is 7.48. The first-order valence-corrected chi connectivity index (χ1v) is 12.2. The maximum atomic E-state index is 13.7. The summed E-state index contributed by atoms with van der Waals surface area (Å²) >= 11 is 0. The summed E-state index contributed by atoms with van der Waals surface area (Å²) in [6.07, 6.45) is 12.6. The van der Waals surface area contributed by atoms with Crippen LogP contribution >= 0.6 is 0 Å². The molecule has 10 nitrogen and oxygen atoms in total. The van der Waals surface area contributed by atoms with Gasteiger partial charge < -0.3 is 20.1 Å². The zero-order valence-electron chi connectivity index (χ0n) is 20.6. The lowest BCUT2D eigenvalue weighted by Gasteiger charge is -2.31. The molecule has 0 aromatic carbocycles. The Balaban J connectivity index is 1.55. The summed E-state index contributed by atoms with van der Waals surface area (Å²) in [5.41, 5.74) is 6.92. The second-order valence-corrected chi connectivity index (χ2v) is 9.14. The van der Waals surface area contributed by atoms with E-state index in [0.717, 1.165) is 42.4 Å². The van der Waals surface area contributed by atoms with Gasteiger partial charge in [0.25, 0.3) is 5.56 Å². The van der Waals surface area contributed by atoms with Gasteiger partial charge in [-0.1, -0.05) is 24.1 Å². The minimum absolute atomic E-state index is 0.0251. The first kappa shape index (κ1) is 23.8. The molecule has 0 radical (unpaired) electrons. The van der Waals surface area contributed by atoms with Gasteiger partial charge in [0.2, 0.25) is 5.95 Å². The predicted octanol–water partition coefficient (Wildman–Crippen LogP) is 1.85. The number of fused-ring (bicyclic) bond motifs is 1. The Bertz CT molecular complexity index is 1490. The molecule has 2 aromatic heterocycles. The van der Waals surface area contributed by atoms with Crippen LogP contribution in [0.5, 0.6) is 0 Å². The van der Waals surface area contributed by atoms with E-state index in [1.54, 1.807) is 18.5 Å². The summed E-state index contributed by atoms with van der Waals surface area (Å²) in [6.45, 7) is 3.36. The van der Waals surface area contributed by atoms with Gasteiger partial charge >= 0.3 is 5.69 Å². The molecule has 1 aliphatic carbocycles. The average molecular weight is 491 g/mol. The molecule has 1 unspecified atom stereocenters. The van der Waals surface area contributed by atoms with Crippen molar-refractivity contribution in [1.82, 2.24) is 18.7 Å². The van der Waals surface area contributed by atoms with E-state index in [2.05, 4.69) is 22.8 Å². The van der Waals surface area contributed by atoms with Crippen molar-refractivity contribution in [3.63, 3.8) is 0 Å². The van der Waals surface area contributed by atoms with Crippen LogP contribution in [0.1, 0.15) is 32.6 Å². The van der Waals surface area contributed by atoms with Crippen LogP contribution in [0.2, 0.25) is 0 Å². The van der Waals surface area contributed by atoms with E-state index in [-0.39, 0.29) is 19.1 Å². The number of hydrogen-bond acceptors (Lipinski definition) is 7. The second kappa shape index (κ2) is 9.95. The maximum Gasteiger partial charge on any atom is 0.332 e. The lowest BCUT2D eigenvalue weighted by atomic mass is 10.0. The van der Waals surface area contributed by atoms with Gasteiger partial charge in [0, 0.05) is 26.2 Å². The number of piperidine rings is 1. The highest BCUT2D eigenvalue weighted by Crippen LogP contribution is 2.27. The maximum absolute atomic E-state index is 13.7. The van der Waals surface area contributed by atoms with Crippen molar-refractivity contribution in [1.29, 1.82) is 0 Å². The molecule has 0 spiro atoms. The van der Waals surface area contributed by atoms with Crippen molar-refractivity contribution in [3.8, 4) is 11.8 Å². The van der Waals surface area contributed by atoms with E-state index >= 15 is 0 Å². The van der Waals surface area contributed by atoms with Crippen LogP contribution in [0.15, 0.2) is 57.4 Å². The minimum atomic E-state index is -0.485. The SMILES string of the molecule is CC#CCn1c(N2CCCC(N)C2)nc2c1c(=O)n(CC1=COC=C(C3=CC=CCC3)O1)c(=O)n2C. The summed E-state index contributed by atoms with van der Waals surface area (Å²) in [5, 5.41) is 0. The number of hydrogen-bond donors (Lipinski definition) is 1. The third-order valence-corrected chi connectivity index (χ3v) is 6.63. The molecule has 10 heteroatoms. The Kier molecular flexibility index (Phi) is 6.57. The average Bonchev–Trinajstić information content (AvgIpc) is 3.29. The van der Waals surface area contributed by atoms with Gasteiger partial charge in [-0.3, -0.25) is 18.5 Å². The number of anilines is 1. The highest BCUT2D eigenvalue weighted by atomic mass is 16.5. The van der Waals surface area contributed by atoms with Crippen LogP contribution in [-0.2, 0) is 29.6 Å². The van der Waals surface area contributed by atoms with Gasteiger partial charge in [0.15, 0.2) is 22.7 Å². The fourth-order valence-corrected chi connectivity index (χ4v) is 4.78. The molecule has 36 heavy (non-hydrogen) atoms. The van der Waals surface area contributed by atoms with E-state index < -0.39 is 11.2 Å². The van der Waals surface area contributed by atoms with Gasteiger partial charge in [0.1, 0.15) is 12.5 Å². The molecule has 0 amide bonds. The Morgan fingerprint density at radius 1 is 1.25 bits per heavy atom. The van der Waals surface area contributed by atoms with Gasteiger partial charge in [-0.05, 0) is 38.2 Å². The Hall–Kier alpha value is -3.97. The minimum Gasteiger partial charge on any atom is -0.465 e. The van der Waals surface area contributed by atoms with Crippen molar-refractivity contribution in [3.05, 3.63) is 68.7 Å². The Morgan fingerprint density at radius 2 is 2.11 bits per heavy atom. The third-order valence-electron chi connectivity index (χ3n) is 6.63. The standard InChI is InChI=1S/C26H30N6O4/c1-3-4-13-31-22-23(28-25(31)30-12-8-11-19(27)14-30)29(2)26(34)32(24(22)33)15-20-16-35-17-21(36-20)18-9-6-5-7-10-18/h5-6,9,16-17,19H,7-8,10-15,27H2,1-2H3. The molecule has 0 saturated carbocycles. The van der Waals surface area contributed by atoms with Crippen molar-refractivity contribution in [2.45, 2.75) is 51.7 Å². The molecule has 2 aliphatic heterocycles. The molecule has 1 atom stereocenters. The number of rotatable bonds is 5. The lowest BCUT2D eigenvalue weighted by Crippen LogP contribution is -2.44. The zero-order valence-corrected chi connectivity index (χ0v) is 20.6. The third kappa shape index (κ3) is 4.38. The van der Waals surface area contributed by atoms with E-state index in [0.29, 0.717) is 35.2 Å². The predicted molar refractivity (Wildman–Crippen MR) is 137 cm³/mol. The van der Waals surface area contributed by atoms with Crippen molar-refractivity contribution < 1.29 is 9.47 Å². The van der Waals surface area contributed by atoms with Crippen LogP contribution in [0.4, 0.5) is 5.95 Å². The summed E-state index contributed by atoms with van der Waals surface area (Å²) in [7, 11) is 1.62. The van der Waals surface area contributed by atoms with Gasteiger partial charge in [-0.15, -0.1) is 5.92 Å². The van der Waals surface area contributed by atoms with Crippen molar-refractivity contribution in [2.24, 2.45) is 12.8 Å². The van der Waals surface area contributed by atoms with Gasteiger partial charge in [-0.25, -0.2) is 4.79 Å². The van der Waals surface area contributed by atoms with Crippen LogP contribution < -0.4 is 21.9 Å². The molecular weight excluding hydrogens is 460 g/mol. The van der Waals surface area contributed by atoms with Gasteiger partial charge in [0.05, 0.1) is 13.1 Å². The first-order chi connectivity index (χ1) is 17.5. The van der Waals surface area contributed by atoms with Crippen molar-refractivity contribution >= 4 is 17.1 Å². The smallest absolute Gasteiger partial charge is 0.332 e. The largest absolute Gasteiger partial charge is 0.465 e. The number of imidazole rings is 1. The van der Waals surface area contributed by atoms with Crippen LogP contribution in [0, 0.1) is 11.8 Å². The molecule has 4 heterocycles. The van der Waals surface area contributed by atoms with E-state index in [4.69, 9.17) is 20.2 Å². The summed E-state index contributed by atoms with van der Waals surface area (Å²) in [4.78, 5) is 33.8. The summed E-state index contributed by atoms with van der Waals surface area (Å²) < 4.78 is 15.9. The fourth-order valence-electron chi connectivity index (χ4n) is 4.78. The zero-order chi connectivity index (χ0) is 25.2. The number of aromatic nitrogens is 4. The number of ether oxygens (including phenoxy) is 2. The molecule has 1 saturated heterocycles. The van der Waals surface area contributed by atoms with Crippen LogP contribution in [-0.4, -0.2) is 37.8 Å². The normalized spacial score (nSPS) is 19.6. The molecule has 2 aromatic rings. The molecular formula is C26H30N6O4. The van der Waals surface area contributed by atoms with Crippen molar-refractivity contribution in [2.75, 3.05) is 18.0 Å². The number of nitrogens with zero attached hydrogens (tertiary/aromatic N) is 5. The van der Waals surface area contributed by atoms with Gasteiger partial charge in [-0.2, -0.15) is 4.98 Å². The Morgan fingerprint density at radius 3 is 2.86 bits per heavy atom. The molecule has 5 rings (SSSR count). The molecule has 2 N–H and O–H groups in total. The molecule has 0 bridgehead atoms. The molecule has 3 aliphatic rings. The van der Waals surface area contributed by atoms with Crippen LogP contribution in [0.25, 0.3) is 11.2 Å². The van der Waals surface area contributed by atoms with E-state index in [1.165, 1.54) is 17.1 Å². The fraction of sp³-hybridized carbons (Fsp3) is 0.423. The number of nitrogens with two attached hydrogens (primary N) is 1. The second-order valence-electron chi connectivity index (χ2n) is 9.14. The van der Waals surface area contributed by atoms with E-state index in [9.17, 15) is 9.59 Å². The lowest BCUT2D eigenvalue weighted by molar-refractivity contribution is 0.212. The quantitative estimate of drug-likeness (QED) is 0.637.